The lowest BCUT2D eigenvalue weighted by molar-refractivity contribution is 0.296. The first kappa shape index (κ1) is 10.5. The van der Waals surface area contributed by atoms with E-state index in [4.69, 9.17) is 10.9 Å². The standard InChI is InChI=1S/C8H14BrN3O/c9-7-2-1-4-12(6-7)5-3-8(10)11-13/h2,13H,1,3-6H2,(H2,10,11). The first-order valence-electron chi connectivity index (χ1n) is 4.25. The van der Waals surface area contributed by atoms with E-state index in [2.05, 4.69) is 32.1 Å². The summed E-state index contributed by atoms with van der Waals surface area (Å²) in [4.78, 5) is 2.27. The van der Waals surface area contributed by atoms with E-state index >= 15 is 0 Å². The normalized spacial score (nSPS) is 20.1. The highest BCUT2D eigenvalue weighted by molar-refractivity contribution is 9.11. The topological polar surface area (TPSA) is 61.8 Å². The summed E-state index contributed by atoms with van der Waals surface area (Å²) >= 11 is 3.46. The highest BCUT2D eigenvalue weighted by Gasteiger charge is 2.10. The van der Waals surface area contributed by atoms with Gasteiger partial charge in [-0.05, 0) is 6.42 Å². The maximum absolute atomic E-state index is 8.34. The lowest BCUT2D eigenvalue weighted by atomic mass is 10.2. The second-order valence-electron chi connectivity index (χ2n) is 3.06. The lowest BCUT2D eigenvalue weighted by Gasteiger charge is -2.24. The van der Waals surface area contributed by atoms with Gasteiger partial charge in [-0.15, -0.1) is 0 Å². The van der Waals surface area contributed by atoms with Crippen molar-refractivity contribution < 1.29 is 5.21 Å². The molecule has 0 aromatic heterocycles. The van der Waals surface area contributed by atoms with Gasteiger partial charge in [0.2, 0.25) is 0 Å². The van der Waals surface area contributed by atoms with Crippen molar-refractivity contribution in [3.8, 4) is 0 Å². The van der Waals surface area contributed by atoms with E-state index in [1.165, 1.54) is 4.48 Å². The maximum Gasteiger partial charge on any atom is 0.140 e. The Labute approximate surface area is 86.2 Å². The molecule has 1 aliphatic heterocycles. The van der Waals surface area contributed by atoms with Gasteiger partial charge >= 0.3 is 0 Å². The quantitative estimate of drug-likeness (QED) is 0.340. The number of rotatable bonds is 3. The third kappa shape index (κ3) is 3.78. The molecule has 0 radical (unpaired) electrons. The number of oxime groups is 1. The SMILES string of the molecule is N/C(CCN1CCC=C(Br)C1)=N/O. The van der Waals surface area contributed by atoms with Crippen LogP contribution in [-0.4, -0.2) is 35.6 Å². The minimum atomic E-state index is 0.297. The molecule has 0 saturated heterocycles. The molecule has 0 aliphatic carbocycles. The molecule has 0 bridgehead atoms. The molecule has 0 unspecified atom stereocenters. The molecule has 0 spiro atoms. The Morgan fingerprint density at radius 3 is 3.15 bits per heavy atom. The molecule has 0 aromatic carbocycles. The van der Waals surface area contributed by atoms with E-state index in [1.807, 2.05) is 0 Å². The van der Waals surface area contributed by atoms with Gasteiger partial charge in [0, 0.05) is 30.5 Å². The van der Waals surface area contributed by atoms with Crippen molar-refractivity contribution in [2.24, 2.45) is 10.9 Å². The summed E-state index contributed by atoms with van der Waals surface area (Å²) < 4.78 is 1.22. The summed E-state index contributed by atoms with van der Waals surface area (Å²) in [5.41, 5.74) is 5.37. The van der Waals surface area contributed by atoms with Gasteiger partial charge in [-0.3, -0.25) is 4.90 Å². The number of halogens is 1. The first-order chi connectivity index (χ1) is 6.22. The molecule has 13 heavy (non-hydrogen) atoms. The number of hydrogen-bond donors (Lipinski definition) is 2. The van der Waals surface area contributed by atoms with Crippen molar-refractivity contribution in [1.29, 1.82) is 0 Å². The Balaban J connectivity index is 2.27. The van der Waals surface area contributed by atoms with Gasteiger partial charge in [0.05, 0.1) is 0 Å². The van der Waals surface area contributed by atoms with Crippen molar-refractivity contribution >= 4 is 21.8 Å². The van der Waals surface area contributed by atoms with Gasteiger partial charge in [0.25, 0.3) is 0 Å². The summed E-state index contributed by atoms with van der Waals surface area (Å²) in [6.45, 7) is 2.82. The summed E-state index contributed by atoms with van der Waals surface area (Å²) in [5.74, 6) is 0.297. The van der Waals surface area contributed by atoms with Gasteiger partial charge in [-0.1, -0.05) is 27.2 Å². The Bertz CT molecular complexity index is 227. The smallest absolute Gasteiger partial charge is 0.140 e. The molecule has 0 saturated carbocycles. The summed E-state index contributed by atoms with van der Waals surface area (Å²) in [6.07, 6.45) is 3.87. The minimum Gasteiger partial charge on any atom is -0.409 e. The van der Waals surface area contributed by atoms with Crippen LogP contribution in [0.2, 0.25) is 0 Å². The molecule has 0 aromatic rings. The summed E-state index contributed by atoms with van der Waals surface area (Å²) in [7, 11) is 0. The van der Waals surface area contributed by atoms with Gasteiger partial charge < -0.3 is 10.9 Å². The molecule has 1 heterocycles. The number of hydrogen-bond acceptors (Lipinski definition) is 3. The van der Waals surface area contributed by atoms with Gasteiger partial charge in [-0.25, -0.2) is 0 Å². The Morgan fingerprint density at radius 2 is 2.54 bits per heavy atom. The largest absolute Gasteiger partial charge is 0.409 e. The van der Waals surface area contributed by atoms with Crippen LogP contribution in [0.5, 0.6) is 0 Å². The zero-order chi connectivity index (χ0) is 9.68. The third-order valence-corrected chi connectivity index (χ3v) is 2.57. The highest BCUT2D eigenvalue weighted by atomic mass is 79.9. The fraction of sp³-hybridized carbons (Fsp3) is 0.625. The van der Waals surface area contributed by atoms with Crippen LogP contribution in [-0.2, 0) is 0 Å². The zero-order valence-corrected chi connectivity index (χ0v) is 9.00. The third-order valence-electron chi connectivity index (χ3n) is 2.00. The highest BCUT2D eigenvalue weighted by Crippen LogP contribution is 2.14. The van der Waals surface area contributed by atoms with Crippen molar-refractivity contribution in [2.75, 3.05) is 19.6 Å². The summed E-state index contributed by atoms with van der Waals surface area (Å²) in [6, 6.07) is 0. The van der Waals surface area contributed by atoms with Crippen molar-refractivity contribution in [3.63, 3.8) is 0 Å². The van der Waals surface area contributed by atoms with E-state index in [0.717, 1.165) is 26.1 Å². The average Bonchev–Trinajstić information content (AvgIpc) is 2.14. The molecule has 4 nitrogen and oxygen atoms in total. The Hall–Kier alpha value is -0.550. The predicted molar refractivity (Wildman–Crippen MR) is 56.1 cm³/mol. The average molecular weight is 248 g/mol. The number of nitrogens with zero attached hydrogens (tertiary/aromatic N) is 2. The molecular formula is C8H14BrN3O. The molecule has 0 fully saturated rings. The molecular weight excluding hydrogens is 234 g/mol. The van der Waals surface area contributed by atoms with Crippen LogP contribution in [0.1, 0.15) is 12.8 Å². The zero-order valence-electron chi connectivity index (χ0n) is 7.41. The molecule has 74 valence electrons. The molecule has 5 heteroatoms. The summed E-state index contributed by atoms with van der Waals surface area (Å²) in [5, 5.41) is 11.3. The minimum absolute atomic E-state index is 0.297. The lowest BCUT2D eigenvalue weighted by Crippen LogP contribution is -2.32. The Morgan fingerprint density at radius 1 is 1.77 bits per heavy atom. The van der Waals surface area contributed by atoms with E-state index in [-0.39, 0.29) is 0 Å². The molecule has 1 aliphatic rings. The van der Waals surface area contributed by atoms with E-state index in [0.29, 0.717) is 12.3 Å². The molecule has 1 rings (SSSR count). The van der Waals surface area contributed by atoms with Gasteiger partial charge in [0.15, 0.2) is 0 Å². The number of amidine groups is 1. The van der Waals surface area contributed by atoms with E-state index < -0.39 is 0 Å². The van der Waals surface area contributed by atoms with Crippen LogP contribution in [0.25, 0.3) is 0 Å². The van der Waals surface area contributed by atoms with Gasteiger partial charge in [-0.2, -0.15) is 0 Å². The molecule has 3 N–H and O–H groups in total. The van der Waals surface area contributed by atoms with E-state index in [9.17, 15) is 0 Å². The first-order valence-corrected chi connectivity index (χ1v) is 5.05. The Kier molecular flexibility index (Phi) is 4.24. The van der Waals surface area contributed by atoms with Crippen LogP contribution in [0.3, 0.4) is 0 Å². The fourth-order valence-corrected chi connectivity index (χ4v) is 1.86. The monoisotopic (exact) mass is 247 g/mol. The van der Waals surface area contributed by atoms with Crippen LogP contribution >= 0.6 is 15.9 Å². The van der Waals surface area contributed by atoms with Crippen molar-refractivity contribution in [1.82, 2.24) is 4.90 Å². The number of nitrogens with two attached hydrogens (primary N) is 1. The second kappa shape index (κ2) is 5.24. The van der Waals surface area contributed by atoms with Crippen molar-refractivity contribution in [3.05, 3.63) is 10.6 Å². The van der Waals surface area contributed by atoms with E-state index in [1.54, 1.807) is 0 Å². The second-order valence-corrected chi connectivity index (χ2v) is 4.08. The molecule has 0 amide bonds. The van der Waals surface area contributed by atoms with Crippen LogP contribution < -0.4 is 5.73 Å². The van der Waals surface area contributed by atoms with Crippen molar-refractivity contribution in [2.45, 2.75) is 12.8 Å². The van der Waals surface area contributed by atoms with Crippen LogP contribution in [0.4, 0.5) is 0 Å². The van der Waals surface area contributed by atoms with Crippen LogP contribution in [0, 0.1) is 0 Å². The van der Waals surface area contributed by atoms with Crippen LogP contribution in [0.15, 0.2) is 15.7 Å². The van der Waals surface area contributed by atoms with Gasteiger partial charge in [0.1, 0.15) is 5.84 Å². The maximum atomic E-state index is 8.34. The fourth-order valence-electron chi connectivity index (χ4n) is 1.27. The predicted octanol–water partition coefficient (Wildman–Crippen LogP) is 1.11. The molecule has 0 atom stereocenters.